The van der Waals surface area contributed by atoms with Gasteiger partial charge in [-0.25, -0.2) is 9.55 Å². The molecule has 0 atom stereocenters. The van der Waals surface area contributed by atoms with Crippen molar-refractivity contribution in [3.05, 3.63) is 63.5 Å². The highest BCUT2D eigenvalue weighted by molar-refractivity contribution is 6.31. The molecule has 0 aliphatic rings. The molecule has 2 heterocycles. The molecule has 4 nitrogen and oxygen atoms in total. The summed E-state index contributed by atoms with van der Waals surface area (Å²) in [5.74, 6) is -0.411. The Morgan fingerprint density at radius 3 is 2.84 bits per heavy atom. The van der Waals surface area contributed by atoms with Crippen LogP contribution >= 0.6 is 11.6 Å². The Kier molecular flexibility index (Phi) is 2.64. The van der Waals surface area contributed by atoms with Gasteiger partial charge in [0, 0.05) is 17.4 Å². The Bertz CT molecular complexity index is 838. The number of aromatic nitrogens is 3. The van der Waals surface area contributed by atoms with Gasteiger partial charge in [0.05, 0.1) is 11.8 Å². The number of rotatable bonds is 1. The molecule has 0 aliphatic carbocycles. The second-order valence-electron chi connectivity index (χ2n) is 4.17. The maximum atomic E-state index is 13.6. The van der Waals surface area contributed by atoms with Gasteiger partial charge in [0.1, 0.15) is 0 Å². The lowest BCUT2D eigenvalue weighted by Gasteiger charge is -2.09. The second kappa shape index (κ2) is 4.20. The Morgan fingerprint density at radius 1 is 1.32 bits per heavy atom. The van der Waals surface area contributed by atoms with E-state index in [4.69, 9.17) is 11.6 Å². The summed E-state index contributed by atoms with van der Waals surface area (Å²) in [7, 11) is 0. The van der Waals surface area contributed by atoms with Gasteiger partial charge < -0.3 is 0 Å². The van der Waals surface area contributed by atoms with Crippen LogP contribution in [0.4, 0.5) is 4.39 Å². The minimum atomic E-state index is -0.639. The van der Waals surface area contributed by atoms with Crippen LogP contribution in [-0.2, 0) is 0 Å². The molecule has 0 amide bonds. The topological polar surface area (TPSA) is 39.3 Å². The summed E-state index contributed by atoms with van der Waals surface area (Å²) in [6.07, 6.45) is 2.90. The van der Waals surface area contributed by atoms with Crippen LogP contribution in [0.3, 0.4) is 0 Å². The van der Waals surface area contributed by atoms with Crippen molar-refractivity contribution in [2.24, 2.45) is 0 Å². The molecule has 0 saturated carbocycles. The summed E-state index contributed by atoms with van der Waals surface area (Å²) < 4.78 is 16.2. The van der Waals surface area contributed by atoms with E-state index < -0.39 is 11.5 Å². The van der Waals surface area contributed by atoms with Crippen molar-refractivity contribution in [1.29, 1.82) is 0 Å². The second-order valence-corrected chi connectivity index (χ2v) is 4.58. The quantitative estimate of drug-likeness (QED) is 0.641. The Hall–Kier alpha value is -2.14. The SMILES string of the molecule is Cc1cc(-n2c(=O)cc(F)n3ccnc23)ccc1Cl. The zero-order valence-corrected chi connectivity index (χ0v) is 10.7. The standard InChI is InChI=1S/C13H9ClFN3O/c1-8-6-9(2-3-10(8)14)18-12(19)7-11(15)17-5-4-16-13(17)18/h2-7H,1H3. The van der Waals surface area contributed by atoms with Gasteiger partial charge in [0.25, 0.3) is 5.56 Å². The molecule has 3 rings (SSSR count). The van der Waals surface area contributed by atoms with Crippen LogP contribution in [0.2, 0.25) is 5.02 Å². The Balaban J connectivity index is 2.39. The Morgan fingerprint density at radius 2 is 2.11 bits per heavy atom. The maximum absolute atomic E-state index is 13.6. The van der Waals surface area contributed by atoms with E-state index in [1.54, 1.807) is 18.2 Å². The predicted molar refractivity (Wildman–Crippen MR) is 70.5 cm³/mol. The molecular formula is C13H9ClFN3O. The fourth-order valence-electron chi connectivity index (χ4n) is 1.97. The van der Waals surface area contributed by atoms with E-state index >= 15 is 0 Å². The van der Waals surface area contributed by atoms with Gasteiger partial charge in [-0.3, -0.25) is 9.20 Å². The van der Waals surface area contributed by atoms with Gasteiger partial charge in [0.15, 0.2) is 0 Å². The molecule has 0 fully saturated rings. The molecule has 2 aromatic heterocycles. The van der Waals surface area contributed by atoms with Crippen molar-refractivity contribution in [3.8, 4) is 5.69 Å². The highest BCUT2D eigenvalue weighted by Crippen LogP contribution is 2.19. The summed E-state index contributed by atoms with van der Waals surface area (Å²) in [5.41, 5.74) is 0.959. The summed E-state index contributed by atoms with van der Waals surface area (Å²) in [6, 6.07) is 6.08. The molecule has 0 N–H and O–H groups in total. The van der Waals surface area contributed by atoms with Crippen molar-refractivity contribution in [3.63, 3.8) is 0 Å². The first kappa shape index (κ1) is 11.9. The number of fused-ring (bicyclic) bond motifs is 1. The molecular weight excluding hydrogens is 269 g/mol. The summed E-state index contributed by atoms with van der Waals surface area (Å²) in [4.78, 5) is 16.0. The van der Waals surface area contributed by atoms with E-state index in [0.29, 0.717) is 10.7 Å². The third kappa shape index (κ3) is 1.82. The van der Waals surface area contributed by atoms with Gasteiger partial charge in [-0.05, 0) is 30.7 Å². The molecule has 0 radical (unpaired) electrons. The van der Waals surface area contributed by atoms with E-state index in [9.17, 15) is 9.18 Å². The Labute approximate surface area is 112 Å². The molecule has 3 aromatic rings. The smallest absolute Gasteiger partial charge is 0.262 e. The van der Waals surface area contributed by atoms with Gasteiger partial charge in [-0.2, -0.15) is 4.39 Å². The zero-order valence-electron chi connectivity index (χ0n) is 9.97. The van der Waals surface area contributed by atoms with E-state index in [2.05, 4.69) is 4.98 Å². The number of hydrogen-bond acceptors (Lipinski definition) is 2. The van der Waals surface area contributed by atoms with Crippen LogP contribution in [0.1, 0.15) is 5.56 Å². The lowest BCUT2D eigenvalue weighted by atomic mass is 10.2. The highest BCUT2D eigenvalue weighted by atomic mass is 35.5. The minimum absolute atomic E-state index is 0.228. The summed E-state index contributed by atoms with van der Waals surface area (Å²) in [5, 5.41) is 0.610. The van der Waals surface area contributed by atoms with Gasteiger partial charge in [-0.1, -0.05) is 11.6 Å². The van der Waals surface area contributed by atoms with Crippen LogP contribution in [0, 0.1) is 12.9 Å². The fraction of sp³-hybridized carbons (Fsp3) is 0.0769. The molecule has 0 spiro atoms. The van der Waals surface area contributed by atoms with Crippen LogP contribution in [0.5, 0.6) is 0 Å². The predicted octanol–water partition coefficient (Wildman–Crippen LogP) is 2.59. The number of nitrogens with zero attached hydrogens (tertiary/aromatic N) is 3. The normalized spacial score (nSPS) is 11.1. The molecule has 0 saturated heterocycles. The number of hydrogen-bond donors (Lipinski definition) is 0. The lowest BCUT2D eigenvalue weighted by Crippen LogP contribution is -2.21. The lowest BCUT2D eigenvalue weighted by molar-refractivity contribution is 0.558. The summed E-state index contributed by atoms with van der Waals surface area (Å²) in [6.45, 7) is 1.84. The molecule has 0 aliphatic heterocycles. The van der Waals surface area contributed by atoms with E-state index in [1.165, 1.54) is 21.4 Å². The molecule has 0 bridgehead atoms. The van der Waals surface area contributed by atoms with Crippen LogP contribution < -0.4 is 5.56 Å². The van der Waals surface area contributed by atoms with Crippen LogP contribution in [0.15, 0.2) is 41.5 Å². The van der Waals surface area contributed by atoms with Gasteiger partial charge >= 0.3 is 0 Å². The van der Waals surface area contributed by atoms with Crippen molar-refractivity contribution >= 4 is 17.4 Å². The van der Waals surface area contributed by atoms with Crippen LogP contribution in [-0.4, -0.2) is 14.0 Å². The average Bonchev–Trinajstić information content (AvgIpc) is 2.83. The minimum Gasteiger partial charge on any atom is -0.269 e. The largest absolute Gasteiger partial charge is 0.269 e. The third-order valence-corrected chi connectivity index (χ3v) is 3.34. The first-order valence-corrected chi connectivity index (χ1v) is 5.97. The first-order valence-electron chi connectivity index (χ1n) is 5.59. The zero-order chi connectivity index (χ0) is 13.6. The molecule has 96 valence electrons. The number of aryl methyl sites for hydroxylation is 1. The number of benzene rings is 1. The van der Waals surface area contributed by atoms with E-state index in [1.807, 2.05) is 6.92 Å². The first-order chi connectivity index (χ1) is 9.08. The summed E-state index contributed by atoms with van der Waals surface area (Å²) >= 11 is 5.96. The maximum Gasteiger partial charge on any atom is 0.262 e. The molecule has 0 unspecified atom stereocenters. The highest BCUT2D eigenvalue weighted by Gasteiger charge is 2.11. The van der Waals surface area contributed by atoms with E-state index in [-0.39, 0.29) is 5.78 Å². The number of imidazole rings is 1. The van der Waals surface area contributed by atoms with Crippen molar-refractivity contribution in [2.45, 2.75) is 6.92 Å². The van der Waals surface area contributed by atoms with Gasteiger partial charge in [-0.15, -0.1) is 0 Å². The van der Waals surface area contributed by atoms with Crippen molar-refractivity contribution in [2.75, 3.05) is 0 Å². The molecule has 19 heavy (non-hydrogen) atoms. The van der Waals surface area contributed by atoms with E-state index in [0.717, 1.165) is 11.6 Å². The third-order valence-electron chi connectivity index (χ3n) is 2.91. The number of halogens is 2. The van der Waals surface area contributed by atoms with Gasteiger partial charge in [0.2, 0.25) is 11.7 Å². The monoisotopic (exact) mass is 277 g/mol. The molecule has 6 heteroatoms. The van der Waals surface area contributed by atoms with Crippen LogP contribution in [0.25, 0.3) is 11.5 Å². The van der Waals surface area contributed by atoms with Crippen molar-refractivity contribution in [1.82, 2.24) is 14.0 Å². The molecule has 1 aromatic carbocycles. The van der Waals surface area contributed by atoms with Crippen molar-refractivity contribution < 1.29 is 4.39 Å². The fourth-order valence-corrected chi connectivity index (χ4v) is 2.09. The average molecular weight is 278 g/mol.